The molecule has 1 aliphatic rings. The molecule has 0 saturated carbocycles. The van der Waals surface area contributed by atoms with Crippen molar-refractivity contribution in [1.82, 2.24) is 14.9 Å². The SMILES string of the molecule is Clc1ccc(CN2CCc3nc(-c4cccs4)ncc3C2)c(Cl)c1. The van der Waals surface area contributed by atoms with E-state index in [1.165, 1.54) is 5.56 Å². The number of hydrogen-bond donors (Lipinski definition) is 0. The molecule has 122 valence electrons. The van der Waals surface area contributed by atoms with E-state index in [0.717, 1.165) is 53.0 Å². The van der Waals surface area contributed by atoms with Crippen molar-refractivity contribution in [3.63, 3.8) is 0 Å². The van der Waals surface area contributed by atoms with E-state index in [0.29, 0.717) is 5.02 Å². The quantitative estimate of drug-likeness (QED) is 0.639. The first kappa shape index (κ1) is 16.0. The third-order valence-corrected chi connectivity index (χ3v) is 5.62. The van der Waals surface area contributed by atoms with E-state index in [1.807, 2.05) is 24.4 Å². The van der Waals surface area contributed by atoms with Gasteiger partial charge in [-0.25, -0.2) is 9.97 Å². The molecular formula is C18H15Cl2N3S. The topological polar surface area (TPSA) is 29.0 Å². The Kier molecular flexibility index (Phi) is 4.55. The monoisotopic (exact) mass is 375 g/mol. The van der Waals surface area contributed by atoms with Gasteiger partial charge >= 0.3 is 0 Å². The van der Waals surface area contributed by atoms with Crippen LogP contribution in [0, 0.1) is 0 Å². The van der Waals surface area contributed by atoms with Crippen molar-refractivity contribution in [3.8, 4) is 10.7 Å². The predicted molar refractivity (Wildman–Crippen MR) is 99.6 cm³/mol. The Morgan fingerprint density at radius 3 is 2.92 bits per heavy atom. The van der Waals surface area contributed by atoms with Gasteiger partial charge in [-0.05, 0) is 29.1 Å². The molecule has 0 saturated heterocycles. The van der Waals surface area contributed by atoms with Gasteiger partial charge in [0.2, 0.25) is 0 Å². The zero-order valence-corrected chi connectivity index (χ0v) is 15.2. The van der Waals surface area contributed by atoms with Gasteiger partial charge in [-0.15, -0.1) is 11.3 Å². The fourth-order valence-electron chi connectivity index (χ4n) is 2.92. The van der Waals surface area contributed by atoms with E-state index in [4.69, 9.17) is 28.2 Å². The molecule has 0 fully saturated rings. The van der Waals surface area contributed by atoms with Crippen molar-refractivity contribution in [3.05, 3.63) is 68.8 Å². The van der Waals surface area contributed by atoms with E-state index < -0.39 is 0 Å². The zero-order valence-electron chi connectivity index (χ0n) is 12.9. The molecule has 0 atom stereocenters. The molecule has 1 aromatic carbocycles. The van der Waals surface area contributed by atoms with Crippen LogP contribution >= 0.6 is 34.5 Å². The number of hydrogen-bond acceptors (Lipinski definition) is 4. The summed E-state index contributed by atoms with van der Waals surface area (Å²) in [7, 11) is 0. The molecule has 0 unspecified atom stereocenters. The molecular weight excluding hydrogens is 361 g/mol. The van der Waals surface area contributed by atoms with Crippen molar-refractivity contribution < 1.29 is 0 Å². The fourth-order valence-corrected chi connectivity index (χ4v) is 4.06. The molecule has 1 aliphatic heterocycles. The highest BCUT2D eigenvalue weighted by atomic mass is 35.5. The van der Waals surface area contributed by atoms with Crippen LogP contribution in [0.25, 0.3) is 10.7 Å². The third-order valence-electron chi connectivity index (χ3n) is 4.16. The summed E-state index contributed by atoms with van der Waals surface area (Å²) in [4.78, 5) is 12.8. The molecule has 0 spiro atoms. The number of nitrogens with zero attached hydrogens (tertiary/aromatic N) is 3. The van der Waals surface area contributed by atoms with Crippen LogP contribution in [-0.4, -0.2) is 21.4 Å². The smallest absolute Gasteiger partial charge is 0.169 e. The molecule has 3 aromatic rings. The van der Waals surface area contributed by atoms with Gasteiger partial charge < -0.3 is 0 Å². The second kappa shape index (κ2) is 6.81. The Labute approximate surface area is 154 Å². The minimum Gasteiger partial charge on any atom is -0.294 e. The van der Waals surface area contributed by atoms with Crippen molar-refractivity contribution in [2.45, 2.75) is 19.5 Å². The van der Waals surface area contributed by atoms with Crippen LogP contribution in [0.2, 0.25) is 10.0 Å². The molecule has 24 heavy (non-hydrogen) atoms. The summed E-state index contributed by atoms with van der Waals surface area (Å²) < 4.78 is 0. The van der Waals surface area contributed by atoms with Crippen LogP contribution in [0.5, 0.6) is 0 Å². The summed E-state index contributed by atoms with van der Waals surface area (Å²) in [5.74, 6) is 0.831. The van der Waals surface area contributed by atoms with Crippen molar-refractivity contribution in [1.29, 1.82) is 0 Å². The van der Waals surface area contributed by atoms with E-state index in [2.05, 4.69) is 21.3 Å². The first-order chi connectivity index (χ1) is 11.7. The Balaban J connectivity index is 1.52. The normalized spacial score (nSPS) is 14.6. The lowest BCUT2D eigenvalue weighted by Crippen LogP contribution is -2.31. The van der Waals surface area contributed by atoms with Gasteiger partial charge in [0.25, 0.3) is 0 Å². The number of halogens is 2. The first-order valence-electron chi connectivity index (χ1n) is 7.74. The summed E-state index contributed by atoms with van der Waals surface area (Å²) in [6.45, 7) is 2.62. The van der Waals surface area contributed by atoms with Crippen LogP contribution in [0.4, 0.5) is 0 Å². The Hall–Kier alpha value is -1.46. The Morgan fingerprint density at radius 1 is 1.21 bits per heavy atom. The highest BCUT2D eigenvalue weighted by molar-refractivity contribution is 7.13. The third kappa shape index (κ3) is 3.33. The van der Waals surface area contributed by atoms with Gasteiger partial charge in [0.15, 0.2) is 5.82 Å². The highest BCUT2D eigenvalue weighted by Crippen LogP contribution is 2.27. The van der Waals surface area contributed by atoms with Crippen LogP contribution in [0.3, 0.4) is 0 Å². The van der Waals surface area contributed by atoms with Crippen LogP contribution in [0.15, 0.2) is 41.9 Å². The maximum atomic E-state index is 6.29. The molecule has 0 aliphatic carbocycles. The Bertz CT molecular complexity index is 865. The van der Waals surface area contributed by atoms with E-state index >= 15 is 0 Å². The maximum Gasteiger partial charge on any atom is 0.169 e. The van der Waals surface area contributed by atoms with Gasteiger partial charge in [-0.3, -0.25) is 4.90 Å². The fraction of sp³-hybridized carbons (Fsp3) is 0.222. The molecule has 3 heterocycles. The Morgan fingerprint density at radius 2 is 2.12 bits per heavy atom. The molecule has 0 amide bonds. The molecule has 0 N–H and O–H groups in total. The molecule has 2 aromatic heterocycles. The number of aromatic nitrogens is 2. The van der Waals surface area contributed by atoms with Crippen LogP contribution in [0.1, 0.15) is 16.8 Å². The van der Waals surface area contributed by atoms with Crippen molar-refractivity contribution >= 4 is 34.5 Å². The van der Waals surface area contributed by atoms with Gasteiger partial charge in [-0.2, -0.15) is 0 Å². The molecule has 6 heteroatoms. The minimum atomic E-state index is 0.669. The van der Waals surface area contributed by atoms with Gasteiger partial charge in [0.1, 0.15) is 0 Å². The molecule has 0 radical (unpaired) electrons. The lowest BCUT2D eigenvalue weighted by Gasteiger charge is -2.28. The van der Waals surface area contributed by atoms with Gasteiger partial charge in [-0.1, -0.05) is 35.3 Å². The van der Waals surface area contributed by atoms with E-state index in [9.17, 15) is 0 Å². The van der Waals surface area contributed by atoms with E-state index in [-0.39, 0.29) is 0 Å². The summed E-state index contributed by atoms with van der Waals surface area (Å²) in [6.07, 6.45) is 2.90. The zero-order chi connectivity index (χ0) is 16.5. The molecule has 3 nitrogen and oxygen atoms in total. The minimum absolute atomic E-state index is 0.669. The van der Waals surface area contributed by atoms with Gasteiger partial charge in [0.05, 0.1) is 10.6 Å². The molecule has 0 bridgehead atoms. The maximum absolute atomic E-state index is 6.29. The first-order valence-corrected chi connectivity index (χ1v) is 9.37. The second-order valence-electron chi connectivity index (χ2n) is 5.84. The lowest BCUT2D eigenvalue weighted by molar-refractivity contribution is 0.243. The largest absolute Gasteiger partial charge is 0.294 e. The van der Waals surface area contributed by atoms with Crippen LogP contribution in [-0.2, 0) is 19.5 Å². The van der Waals surface area contributed by atoms with Crippen molar-refractivity contribution in [2.24, 2.45) is 0 Å². The summed E-state index contributed by atoms with van der Waals surface area (Å²) in [5, 5.41) is 3.44. The van der Waals surface area contributed by atoms with Crippen molar-refractivity contribution in [2.75, 3.05) is 6.54 Å². The number of rotatable bonds is 3. The highest BCUT2D eigenvalue weighted by Gasteiger charge is 2.19. The predicted octanol–water partition coefficient (Wildman–Crippen LogP) is 5.07. The van der Waals surface area contributed by atoms with Gasteiger partial charge in [0, 0.05) is 47.9 Å². The average molecular weight is 376 g/mol. The number of benzene rings is 1. The summed E-state index contributed by atoms with van der Waals surface area (Å²) in [6, 6.07) is 9.77. The number of fused-ring (bicyclic) bond motifs is 1. The molecule has 4 rings (SSSR count). The van der Waals surface area contributed by atoms with E-state index in [1.54, 1.807) is 17.4 Å². The lowest BCUT2D eigenvalue weighted by atomic mass is 10.1. The summed E-state index contributed by atoms with van der Waals surface area (Å²) in [5.41, 5.74) is 3.46. The number of thiophene rings is 1. The average Bonchev–Trinajstić information content (AvgIpc) is 3.11. The second-order valence-corrected chi connectivity index (χ2v) is 7.63. The summed E-state index contributed by atoms with van der Waals surface area (Å²) >= 11 is 13.9. The standard InChI is InChI=1S/C18H15Cl2N3S/c19-14-4-3-12(15(20)8-14)10-23-6-5-16-13(11-23)9-21-18(22-16)17-2-1-7-24-17/h1-4,7-9H,5-6,10-11H2. The van der Waals surface area contributed by atoms with Crippen LogP contribution < -0.4 is 0 Å².